The van der Waals surface area contributed by atoms with Crippen molar-refractivity contribution in [3.8, 4) is 0 Å². The number of anilines is 2. The van der Waals surface area contributed by atoms with E-state index in [4.69, 9.17) is 0 Å². The van der Waals surface area contributed by atoms with Gasteiger partial charge in [0.1, 0.15) is 5.82 Å². The molecule has 4 aromatic rings. The second-order valence-electron chi connectivity index (χ2n) is 6.78. The van der Waals surface area contributed by atoms with Crippen molar-refractivity contribution in [1.29, 1.82) is 0 Å². The van der Waals surface area contributed by atoms with Crippen LogP contribution in [0.1, 0.15) is 15.9 Å². The molecule has 2 aromatic carbocycles. The average Bonchev–Trinajstić information content (AvgIpc) is 2.74. The topological polar surface area (TPSA) is 75.4 Å². The van der Waals surface area contributed by atoms with E-state index in [1.165, 1.54) is 4.57 Å². The number of carboxylic acid groups (broad SMARTS) is 1. The van der Waals surface area contributed by atoms with Crippen molar-refractivity contribution in [3.05, 3.63) is 101 Å². The summed E-state index contributed by atoms with van der Waals surface area (Å²) in [5.74, 6) is -0.409. The molecular formula is C23H19N3O3. The van der Waals surface area contributed by atoms with E-state index in [9.17, 15) is 14.7 Å². The number of benzene rings is 2. The van der Waals surface area contributed by atoms with Gasteiger partial charge in [-0.05, 0) is 35.2 Å². The van der Waals surface area contributed by atoms with Gasteiger partial charge in [-0.1, -0.05) is 36.4 Å². The van der Waals surface area contributed by atoms with Crippen LogP contribution in [0.5, 0.6) is 0 Å². The molecule has 29 heavy (non-hydrogen) atoms. The zero-order valence-electron chi connectivity index (χ0n) is 15.8. The Bertz CT molecular complexity index is 1260. The number of rotatable bonds is 5. The highest BCUT2D eigenvalue weighted by molar-refractivity contribution is 5.96. The Balaban J connectivity index is 1.87. The van der Waals surface area contributed by atoms with Crippen molar-refractivity contribution < 1.29 is 9.90 Å². The lowest BCUT2D eigenvalue weighted by Crippen LogP contribution is -2.22. The van der Waals surface area contributed by atoms with Gasteiger partial charge in [0, 0.05) is 37.4 Å². The maximum atomic E-state index is 12.1. The molecule has 0 amide bonds. The number of fused-ring (bicyclic) bond motifs is 1. The Labute approximate surface area is 167 Å². The summed E-state index contributed by atoms with van der Waals surface area (Å²) < 4.78 is 1.49. The first-order valence-corrected chi connectivity index (χ1v) is 9.13. The lowest BCUT2D eigenvalue weighted by atomic mass is 10.1. The third-order valence-electron chi connectivity index (χ3n) is 4.83. The van der Waals surface area contributed by atoms with Gasteiger partial charge in [0.2, 0.25) is 0 Å². The normalized spacial score (nSPS) is 10.8. The maximum Gasteiger partial charge on any atom is 0.337 e. The minimum Gasteiger partial charge on any atom is -0.478 e. The third kappa shape index (κ3) is 3.73. The van der Waals surface area contributed by atoms with Gasteiger partial charge < -0.3 is 14.6 Å². The lowest BCUT2D eigenvalue weighted by molar-refractivity contribution is 0.0697. The largest absolute Gasteiger partial charge is 0.478 e. The molecule has 0 saturated heterocycles. The van der Waals surface area contributed by atoms with E-state index in [0.717, 1.165) is 16.3 Å². The Morgan fingerprint density at radius 2 is 1.76 bits per heavy atom. The summed E-state index contributed by atoms with van der Waals surface area (Å²) in [5.41, 5.74) is 1.33. The van der Waals surface area contributed by atoms with Gasteiger partial charge in [-0.15, -0.1) is 0 Å². The van der Waals surface area contributed by atoms with Crippen LogP contribution in [0, 0.1) is 0 Å². The summed E-state index contributed by atoms with van der Waals surface area (Å²) in [7, 11) is 1.69. The molecule has 2 heterocycles. The monoisotopic (exact) mass is 385 g/mol. The zero-order valence-corrected chi connectivity index (χ0v) is 15.8. The number of carbonyl (C=O) groups is 1. The van der Waals surface area contributed by atoms with E-state index in [0.29, 0.717) is 18.1 Å². The van der Waals surface area contributed by atoms with Crippen LogP contribution >= 0.6 is 0 Å². The number of aromatic nitrogens is 2. The highest BCUT2D eigenvalue weighted by Gasteiger charge is 2.19. The molecule has 2 aromatic heterocycles. The number of para-hydroxylation sites is 1. The fraction of sp³-hybridized carbons (Fsp3) is 0.0870. The van der Waals surface area contributed by atoms with Gasteiger partial charge in [0.25, 0.3) is 5.56 Å². The van der Waals surface area contributed by atoms with Gasteiger partial charge in [0.15, 0.2) is 0 Å². The molecule has 0 bridgehead atoms. The van der Waals surface area contributed by atoms with E-state index >= 15 is 0 Å². The zero-order chi connectivity index (χ0) is 20.4. The van der Waals surface area contributed by atoms with Crippen LogP contribution in [-0.2, 0) is 13.6 Å². The third-order valence-corrected chi connectivity index (χ3v) is 4.83. The minimum atomic E-state index is -1.02. The molecular weight excluding hydrogens is 366 g/mol. The number of nitrogens with zero attached hydrogens (tertiary/aromatic N) is 3. The molecule has 144 valence electrons. The van der Waals surface area contributed by atoms with Crippen LogP contribution in [0.4, 0.5) is 11.5 Å². The van der Waals surface area contributed by atoms with Gasteiger partial charge >= 0.3 is 5.97 Å². The van der Waals surface area contributed by atoms with E-state index in [1.54, 1.807) is 49.8 Å². The number of pyridine rings is 2. The summed E-state index contributed by atoms with van der Waals surface area (Å²) in [6.07, 6.45) is 3.47. The van der Waals surface area contributed by atoms with Crippen molar-refractivity contribution in [1.82, 2.24) is 9.55 Å². The van der Waals surface area contributed by atoms with E-state index in [1.807, 2.05) is 41.3 Å². The molecule has 0 aliphatic heterocycles. The number of hydrogen-bond acceptors (Lipinski definition) is 4. The molecule has 0 radical (unpaired) electrons. The first kappa shape index (κ1) is 18.4. The summed E-state index contributed by atoms with van der Waals surface area (Å²) in [4.78, 5) is 30.3. The Kier molecular flexibility index (Phi) is 4.83. The summed E-state index contributed by atoms with van der Waals surface area (Å²) in [6, 6.07) is 20.0. The van der Waals surface area contributed by atoms with Gasteiger partial charge in [-0.3, -0.25) is 4.79 Å². The molecule has 0 aliphatic carbocycles. The van der Waals surface area contributed by atoms with Crippen molar-refractivity contribution in [2.75, 3.05) is 4.90 Å². The Morgan fingerprint density at radius 1 is 1.03 bits per heavy atom. The molecule has 0 fully saturated rings. The van der Waals surface area contributed by atoms with Crippen LogP contribution < -0.4 is 10.5 Å². The standard InChI is InChI=1S/C23H19N3O3/c1-25-11-10-16(12-22(25)27)15-26(20-9-5-4-8-19(20)23(28)29)21-13-17-6-2-3-7-18(17)14-24-21/h2-14H,15H2,1H3,(H,28,29). The van der Waals surface area contributed by atoms with Crippen LogP contribution in [0.25, 0.3) is 10.8 Å². The molecule has 6 heteroatoms. The summed E-state index contributed by atoms with van der Waals surface area (Å²) in [6.45, 7) is 0.311. The molecule has 0 unspecified atom stereocenters. The van der Waals surface area contributed by atoms with Gasteiger partial charge in [0.05, 0.1) is 11.3 Å². The molecule has 0 spiro atoms. The van der Waals surface area contributed by atoms with Crippen molar-refractivity contribution >= 4 is 28.2 Å². The van der Waals surface area contributed by atoms with Gasteiger partial charge in [-0.25, -0.2) is 9.78 Å². The van der Waals surface area contributed by atoms with E-state index in [-0.39, 0.29) is 11.1 Å². The smallest absolute Gasteiger partial charge is 0.337 e. The SMILES string of the molecule is Cn1ccc(CN(c2cc3ccccc3cn2)c2ccccc2C(=O)O)cc1=O. The van der Waals surface area contributed by atoms with Crippen LogP contribution in [0.3, 0.4) is 0 Å². The maximum absolute atomic E-state index is 12.1. The molecule has 6 nitrogen and oxygen atoms in total. The molecule has 0 saturated carbocycles. The van der Waals surface area contributed by atoms with Crippen LogP contribution in [0.15, 0.2) is 83.9 Å². The quantitative estimate of drug-likeness (QED) is 0.563. The molecule has 0 atom stereocenters. The first-order chi connectivity index (χ1) is 14.0. The molecule has 1 N–H and O–H groups in total. The summed E-state index contributed by atoms with van der Waals surface area (Å²) >= 11 is 0. The molecule has 0 aliphatic rings. The van der Waals surface area contributed by atoms with E-state index in [2.05, 4.69) is 4.98 Å². The fourth-order valence-corrected chi connectivity index (χ4v) is 3.27. The highest BCUT2D eigenvalue weighted by Crippen LogP contribution is 2.31. The van der Waals surface area contributed by atoms with E-state index < -0.39 is 5.97 Å². The van der Waals surface area contributed by atoms with Gasteiger partial charge in [-0.2, -0.15) is 0 Å². The van der Waals surface area contributed by atoms with Crippen molar-refractivity contribution in [3.63, 3.8) is 0 Å². The highest BCUT2D eigenvalue weighted by atomic mass is 16.4. The Morgan fingerprint density at radius 3 is 2.52 bits per heavy atom. The van der Waals surface area contributed by atoms with Crippen LogP contribution in [-0.4, -0.2) is 20.6 Å². The van der Waals surface area contributed by atoms with Crippen molar-refractivity contribution in [2.45, 2.75) is 6.54 Å². The summed E-state index contributed by atoms with van der Waals surface area (Å²) in [5, 5.41) is 11.7. The number of hydrogen-bond donors (Lipinski definition) is 1. The van der Waals surface area contributed by atoms with Crippen molar-refractivity contribution in [2.24, 2.45) is 7.05 Å². The predicted molar refractivity (Wildman–Crippen MR) is 113 cm³/mol. The second-order valence-corrected chi connectivity index (χ2v) is 6.78. The minimum absolute atomic E-state index is 0.125. The Hall–Kier alpha value is -3.93. The number of aromatic carboxylic acids is 1. The first-order valence-electron chi connectivity index (χ1n) is 9.13. The van der Waals surface area contributed by atoms with Crippen LogP contribution in [0.2, 0.25) is 0 Å². The predicted octanol–water partition coefficient (Wildman–Crippen LogP) is 3.97. The fourth-order valence-electron chi connectivity index (χ4n) is 3.27. The average molecular weight is 385 g/mol. The lowest BCUT2D eigenvalue weighted by Gasteiger charge is -2.26. The number of aryl methyl sites for hydroxylation is 1. The second kappa shape index (κ2) is 7.59. The number of carboxylic acids is 1. The molecule has 4 rings (SSSR count).